The van der Waals surface area contributed by atoms with E-state index in [2.05, 4.69) is 0 Å². The molecule has 1 aliphatic heterocycles. The number of ether oxygens (including phenoxy) is 1. The van der Waals surface area contributed by atoms with Crippen LogP contribution in [0.3, 0.4) is 0 Å². The first kappa shape index (κ1) is 21.0. The van der Waals surface area contributed by atoms with E-state index in [1.54, 1.807) is 32.9 Å². The summed E-state index contributed by atoms with van der Waals surface area (Å²) >= 11 is 0. The summed E-state index contributed by atoms with van der Waals surface area (Å²) in [4.78, 5) is 26.8. The number of amides is 1. The number of carbonyl (C=O) groups is 2. The van der Waals surface area contributed by atoms with Crippen molar-refractivity contribution in [1.82, 2.24) is 4.90 Å². The summed E-state index contributed by atoms with van der Waals surface area (Å²) in [7, 11) is 0. The Hall–Kier alpha value is -2.69. The number of nitrogens with zero attached hydrogens (tertiary/aromatic N) is 1. The van der Waals surface area contributed by atoms with Gasteiger partial charge in [-0.15, -0.1) is 0 Å². The van der Waals surface area contributed by atoms with Crippen molar-refractivity contribution in [2.75, 3.05) is 6.54 Å². The monoisotopic (exact) mass is 397 g/mol. The van der Waals surface area contributed by atoms with E-state index in [-0.39, 0.29) is 5.82 Å². The van der Waals surface area contributed by atoms with Crippen molar-refractivity contribution >= 4 is 12.4 Å². The fourth-order valence-electron chi connectivity index (χ4n) is 3.89. The van der Waals surface area contributed by atoms with Gasteiger partial charge in [0.2, 0.25) is 0 Å². The standard InChI is InChI=1S/C24H28FNO3/c1-17-8-7-9-18(14-17)20-15-19(10-11-21(20)25)24(16-27)12-5-6-13-26(24)22(28)29-23(2,3)4/h7-11,14-16H,5-6,12-13H2,1-4H3/t24-/m0/s1. The zero-order chi connectivity index (χ0) is 21.2. The molecule has 0 unspecified atom stereocenters. The summed E-state index contributed by atoms with van der Waals surface area (Å²) in [6.45, 7) is 7.76. The highest BCUT2D eigenvalue weighted by molar-refractivity contribution is 5.80. The van der Waals surface area contributed by atoms with Crippen LogP contribution in [0.15, 0.2) is 42.5 Å². The molecule has 1 saturated heterocycles. The molecular weight excluding hydrogens is 369 g/mol. The van der Waals surface area contributed by atoms with Crippen LogP contribution in [-0.2, 0) is 15.1 Å². The molecule has 3 rings (SSSR count). The highest BCUT2D eigenvalue weighted by Crippen LogP contribution is 2.39. The van der Waals surface area contributed by atoms with Gasteiger partial charge in [0.15, 0.2) is 0 Å². The Balaban J connectivity index is 2.08. The van der Waals surface area contributed by atoms with E-state index in [9.17, 15) is 14.0 Å². The highest BCUT2D eigenvalue weighted by atomic mass is 19.1. The lowest BCUT2D eigenvalue weighted by Crippen LogP contribution is -2.54. The largest absolute Gasteiger partial charge is 0.444 e. The number of carbonyl (C=O) groups excluding carboxylic acids is 2. The van der Waals surface area contributed by atoms with Gasteiger partial charge in [0.05, 0.1) is 0 Å². The topological polar surface area (TPSA) is 46.6 Å². The zero-order valence-electron chi connectivity index (χ0n) is 17.5. The number of piperidine rings is 1. The molecule has 0 N–H and O–H groups in total. The van der Waals surface area contributed by atoms with Crippen LogP contribution in [0.2, 0.25) is 0 Å². The van der Waals surface area contributed by atoms with Crippen molar-refractivity contribution in [3.63, 3.8) is 0 Å². The predicted octanol–water partition coefficient (Wildman–Crippen LogP) is 5.62. The van der Waals surface area contributed by atoms with Gasteiger partial charge in [-0.2, -0.15) is 0 Å². The van der Waals surface area contributed by atoms with E-state index in [1.165, 1.54) is 11.0 Å². The summed E-state index contributed by atoms with van der Waals surface area (Å²) in [5.74, 6) is -0.361. The van der Waals surface area contributed by atoms with Crippen molar-refractivity contribution < 1.29 is 18.7 Å². The number of hydrogen-bond donors (Lipinski definition) is 0. The maximum atomic E-state index is 14.7. The lowest BCUT2D eigenvalue weighted by Gasteiger charge is -2.44. The number of benzene rings is 2. The Bertz CT molecular complexity index is 919. The molecule has 1 atom stereocenters. The van der Waals surface area contributed by atoms with Gasteiger partial charge in [-0.25, -0.2) is 9.18 Å². The Morgan fingerprint density at radius 3 is 2.59 bits per heavy atom. The maximum absolute atomic E-state index is 14.7. The van der Waals surface area contributed by atoms with E-state index < -0.39 is 17.2 Å². The van der Waals surface area contributed by atoms with Gasteiger partial charge in [0, 0.05) is 12.1 Å². The van der Waals surface area contributed by atoms with Crippen LogP contribution >= 0.6 is 0 Å². The number of hydrogen-bond acceptors (Lipinski definition) is 3. The van der Waals surface area contributed by atoms with E-state index in [1.807, 2.05) is 31.2 Å². The first-order valence-electron chi connectivity index (χ1n) is 10.0. The van der Waals surface area contributed by atoms with Gasteiger partial charge in [-0.3, -0.25) is 4.90 Å². The van der Waals surface area contributed by atoms with Crippen LogP contribution in [0.4, 0.5) is 9.18 Å². The molecule has 5 heteroatoms. The number of likely N-dealkylation sites (tertiary alicyclic amines) is 1. The molecule has 0 radical (unpaired) electrons. The molecule has 29 heavy (non-hydrogen) atoms. The Morgan fingerprint density at radius 2 is 1.93 bits per heavy atom. The maximum Gasteiger partial charge on any atom is 0.411 e. The summed E-state index contributed by atoms with van der Waals surface area (Å²) in [5.41, 5.74) is 0.958. The number of aldehydes is 1. The lowest BCUT2D eigenvalue weighted by molar-refractivity contribution is -0.121. The van der Waals surface area contributed by atoms with Crippen LogP contribution in [0.25, 0.3) is 11.1 Å². The fraction of sp³-hybridized carbons (Fsp3) is 0.417. The van der Waals surface area contributed by atoms with Gasteiger partial charge < -0.3 is 9.53 Å². The average molecular weight is 397 g/mol. The summed E-state index contributed by atoms with van der Waals surface area (Å²) < 4.78 is 20.2. The van der Waals surface area contributed by atoms with E-state index in [0.717, 1.165) is 30.3 Å². The highest BCUT2D eigenvalue weighted by Gasteiger charge is 2.45. The molecule has 2 aromatic carbocycles. The Labute approximate surface area is 171 Å². The fourth-order valence-corrected chi connectivity index (χ4v) is 3.89. The van der Waals surface area contributed by atoms with Gasteiger partial charge in [-0.1, -0.05) is 35.9 Å². The zero-order valence-corrected chi connectivity index (χ0v) is 17.5. The molecule has 0 spiro atoms. The van der Waals surface area contributed by atoms with Gasteiger partial charge in [-0.05, 0) is 70.2 Å². The lowest BCUT2D eigenvalue weighted by atomic mass is 9.80. The quantitative estimate of drug-likeness (QED) is 0.632. The van der Waals surface area contributed by atoms with Crippen LogP contribution in [0.5, 0.6) is 0 Å². The summed E-state index contributed by atoms with van der Waals surface area (Å²) in [6.07, 6.45) is 2.36. The second-order valence-electron chi connectivity index (χ2n) is 8.70. The third-order valence-corrected chi connectivity index (χ3v) is 5.28. The van der Waals surface area contributed by atoms with Gasteiger partial charge in [0.1, 0.15) is 23.2 Å². The van der Waals surface area contributed by atoms with E-state index >= 15 is 0 Å². The Kier molecular flexibility index (Phi) is 5.78. The van der Waals surface area contributed by atoms with Crippen molar-refractivity contribution in [3.05, 3.63) is 59.4 Å². The second-order valence-corrected chi connectivity index (χ2v) is 8.70. The molecule has 0 saturated carbocycles. The smallest absolute Gasteiger partial charge is 0.411 e. The molecule has 1 aliphatic rings. The molecular formula is C24H28FNO3. The van der Waals surface area contributed by atoms with Crippen LogP contribution < -0.4 is 0 Å². The van der Waals surface area contributed by atoms with Crippen molar-refractivity contribution in [1.29, 1.82) is 0 Å². The first-order chi connectivity index (χ1) is 13.7. The van der Waals surface area contributed by atoms with Crippen molar-refractivity contribution in [3.8, 4) is 11.1 Å². The number of aryl methyl sites for hydroxylation is 1. The van der Waals surface area contributed by atoms with E-state index in [4.69, 9.17) is 4.74 Å². The minimum absolute atomic E-state index is 0.361. The third kappa shape index (κ3) is 4.34. The molecule has 4 nitrogen and oxygen atoms in total. The number of rotatable bonds is 3. The first-order valence-corrected chi connectivity index (χ1v) is 10.0. The minimum Gasteiger partial charge on any atom is -0.444 e. The van der Waals surface area contributed by atoms with Crippen LogP contribution in [0.1, 0.15) is 51.2 Å². The summed E-state index contributed by atoms with van der Waals surface area (Å²) in [5, 5.41) is 0. The number of halogens is 1. The molecule has 0 aliphatic carbocycles. The van der Waals surface area contributed by atoms with Crippen LogP contribution in [0, 0.1) is 12.7 Å². The molecule has 1 amide bonds. The average Bonchev–Trinajstić information content (AvgIpc) is 2.67. The Morgan fingerprint density at radius 1 is 1.17 bits per heavy atom. The second kappa shape index (κ2) is 7.97. The predicted molar refractivity (Wildman–Crippen MR) is 111 cm³/mol. The molecule has 2 aromatic rings. The normalized spacial score (nSPS) is 19.7. The van der Waals surface area contributed by atoms with Crippen molar-refractivity contribution in [2.45, 2.75) is 58.1 Å². The molecule has 1 fully saturated rings. The molecule has 154 valence electrons. The summed E-state index contributed by atoms with van der Waals surface area (Å²) in [6, 6.07) is 12.2. The minimum atomic E-state index is -1.16. The van der Waals surface area contributed by atoms with Gasteiger partial charge in [0.25, 0.3) is 0 Å². The van der Waals surface area contributed by atoms with Crippen molar-refractivity contribution in [2.24, 2.45) is 0 Å². The molecule has 0 bridgehead atoms. The molecule has 1 heterocycles. The third-order valence-electron chi connectivity index (χ3n) is 5.28. The van der Waals surface area contributed by atoms with Crippen LogP contribution in [-0.4, -0.2) is 29.4 Å². The molecule has 0 aromatic heterocycles. The van der Waals surface area contributed by atoms with Gasteiger partial charge >= 0.3 is 6.09 Å². The van der Waals surface area contributed by atoms with E-state index in [0.29, 0.717) is 24.1 Å². The SMILES string of the molecule is Cc1cccc(-c2cc([C@@]3(C=O)CCCCN3C(=O)OC(C)(C)C)ccc2F)c1.